The summed E-state index contributed by atoms with van der Waals surface area (Å²) in [5, 5.41) is 2.89. The molecule has 6 nitrogen and oxygen atoms in total. The maximum Gasteiger partial charge on any atom is 0.325 e. The fraction of sp³-hybridized carbons (Fsp3) is 0.846. The molecule has 0 radical (unpaired) electrons. The Balaban J connectivity index is 1.95. The molecule has 0 aromatic heterocycles. The van der Waals surface area contributed by atoms with Crippen LogP contribution >= 0.6 is 0 Å². The van der Waals surface area contributed by atoms with Crippen molar-refractivity contribution in [2.24, 2.45) is 5.73 Å². The number of likely N-dealkylation sites (tertiary alicyclic amines) is 1. The summed E-state index contributed by atoms with van der Waals surface area (Å²) < 4.78 is 0. The van der Waals surface area contributed by atoms with Gasteiger partial charge in [0.2, 0.25) is 0 Å². The third-order valence-corrected chi connectivity index (χ3v) is 4.14. The Kier molecular flexibility index (Phi) is 4.42. The first-order chi connectivity index (χ1) is 9.13. The lowest BCUT2D eigenvalue weighted by Crippen LogP contribution is -2.55. The van der Waals surface area contributed by atoms with Gasteiger partial charge in [-0.2, -0.15) is 0 Å². The molecule has 0 aromatic carbocycles. The predicted octanol–water partition coefficient (Wildman–Crippen LogP) is 0.132. The lowest BCUT2D eigenvalue weighted by molar-refractivity contribution is -0.132. The van der Waals surface area contributed by atoms with Crippen molar-refractivity contribution in [2.45, 2.75) is 38.1 Å². The van der Waals surface area contributed by atoms with E-state index in [2.05, 4.69) is 17.1 Å². The van der Waals surface area contributed by atoms with E-state index in [4.69, 9.17) is 5.73 Å². The van der Waals surface area contributed by atoms with E-state index in [-0.39, 0.29) is 11.9 Å². The summed E-state index contributed by atoms with van der Waals surface area (Å²) in [6.45, 7) is 5.65. The molecule has 2 aliphatic rings. The number of nitrogens with one attached hydrogen (secondary N) is 1. The highest BCUT2D eigenvalue weighted by atomic mass is 16.2. The van der Waals surface area contributed by atoms with Crippen LogP contribution in [0, 0.1) is 0 Å². The summed E-state index contributed by atoms with van der Waals surface area (Å²) in [4.78, 5) is 27.8. The maximum atomic E-state index is 12.4. The zero-order chi connectivity index (χ0) is 13.9. The van der Waals surface area contributed by atoms with Crippen molar-refractivity contribution in [2.75, 3.05) is 32.7 Å². The Labute approximate surface area is 114 Å². The summed E-state index contributed by atoms with van der Waals surface area (Å²) in [6.07, 6.45) is 3.79. The number of hydrogen-bond donors (Lipinski definition) is 2. The molecule has 2 aliphatic heterocycles. The lowest BCUT2D eigenvalue weighted by atomic mass is 9.87. The van der Waals surface area contributed by atoms with Crippen LogP contribution in [0.4, 0.5) is 4.79 Å². The van der Waals surface area contributed by atoms with Crippen molar-refractivity contribution < 1.29 is 9.59 Å². The SMILES string of the molecule is CCCCN1CCC2(CC1)NC(=O)N(CCN)C2=O. The molecule has 3 N–H and O–H groups in total. The smallest absolute Gasteiger partial charge is 0.325 e. The van der Waals surface area contributed by atoms with Crippen molar-refractivity contribution in [3.05, 3.63) is 0 Å². The summed E-state index contributed by atoms with van der Waals surface area (Å²) >= 11 is 0. The Morgan fingerprint density at radius 3 is 2.53 bits per heavy atom. The van der Waals surface area contributed by atoms with Crippen LogP contribution in [-0.2, 0) is 4.79 Å². The van der Waals surface area contributed by atoms with Crippen molar-refractivity contribution in [3.63, 3.8) is 0 Å². The first-order valence-electron chi connectivity index (χ1n) is 7.19. The van der Waals surface area contributed by atoms with Crippen LogP contribution in [0.3, 0.4) is 0 Å². The third kappa shape index (κ3) is 2.74. The molecule has 2 rings (SSSR count). The van der Waals surface area contributed by atoms with Crippen LogP contribution in [0.5, 0.6) is 0 Å². The van der Waals surface area contributed by atoms with Gasteiger partial charge >= 0.3 is 6.03 Å². The van der Waals surface area contributed by atoms with Gasteiger partial charge in [0.05, 0.1) is 0 Å². The third-order valence-electron chi connectivity index (χ3n) is 4.14. The molecule has 1 spiro atoms. The molecular formula is C13H24N4O2. The normalized spacial score (nSPS) is 23.2. The summed E-state index contributed by atoms with van der Waals surface area (Å²) in [5.41, 5.74) is 4.79. The zero-order valence-electron chi connectivity index (χ0n) is 11.7. The molecule has 0 saturated carbocycles. The zero-order valence-corrected chi connectivity index (χ0v) is 11.7. The largest absolute Gasteiger partial charge is 0.329 e. The second-order valence-corrected chi connectivity index (χ2v) is 5.45. The van der Waals surface area contributed by atoms with Crippen LogP contribution in [0.15, 0.2) is 0 Å². The number of piperidine rings is 1. The van der Waals surface area contributed by atoms with Gasteiger partial charge in [-0.3, -0.25) is 9.69 Å². The van der Waals surface area contributed by atoms with Gasteiger partial charge in [-0.05, 0) is 25.8 Å². The van der Waals surface area contributed by atoms with Gasteiger partial charge in [0, 0.05) is 26.2 Å². The minimum atomic E-state index is -0.658. The molecule has 108 valence electrons. The molecule has 0 unspecified atom stereocenters. The molecule has 3 amide bonds. The van der Waals surface area contributed by atoms with Crippen LogP contribution in [-0.4, -0.2) is 60.0 Å². The quantitative estimate of drug-likeness (QED) is 0.695. The van der Waals surface area contributed by atoms with Crippen molar-refractivity contribution in [1.82, 2.24) is 15.1 Å². The van der Waals surface area contributed by atoms with Crippen LogP contribution in [0.2, 0.25) is 0 Å². The van der Waals surface area contributed by atoms with E-state index < -0.39 is 5.54 Å². The average Bonchev–Trinajstić information content (AvgIpc) is 2.63. The second-order valence-electron chi connectivity index (χ2n) is 5.45. The minimum Gasteiger partial charge on any atom is -0.329 e. The molecule has 0 aromatic rings. The van der Waals surface area contributed by atoms with Crippen molar-refractivity contribution >= 4 is 11.9 Å². The molecule has 19 heavy (non-hydrogen) atoms. The number of unbranched alkanes of at least 4 members (excludes halogenated alkanes) is 1. The maximum absolute atomic E-state index is 12.4. The molecule has 2 saturated heterocycles. The standard InChI is InChI=1S/C13H24N4O2/c1-2-3-7-16-8-4-13(5-9-16)11(18)17(10-6-14)12(19)15-13/h2-10,14H2,1H3,(H,15,19). The van der Waals surface area contributed by atoms with E-state index in [1.165, 1.54) is 17.7 Å². The van der Waals surface area contributed by atoms with Gasteiger partial charge in [-0.15, -0.1) is 0 Å². The molecule has 2 fully saturated rings. The summed E-state index contributed by atoms with van der Waals surface area (Å²) in [5.74, 6) is -0.0851. The lowest BCUT2D eigenvalue weighted by Gasteiger charge is -2.37. The Bertz CT molecular complexity index is 351. The van der Waals surface area contributed by atoms with Gasteiger partial charge in [0.1, 0.15) is 5.54 Å². The summed E-state index contributed by atoms with van der Waals surface area (Å²) in [7, 11) is 0. The fourth-order valence-corrected chi connectivity index (χ4v) is 2.89. The van der Waals surface area contributed by atoms with E-state index in [1.54, 1.807) is 0 Å². The van der Waals surface area contributed by atoms with E-state index >= 15 is 0 Å². The van der Waals surface area contributed by atoms with Crippen LogP contribution in [0.1, 0.15) is 32.6 Å². The highest BCUT2D eigenvalue weighted by Crippen LogP contribution is 2.29. The Hall–Kier alpha value is -1.14. The topological polar surface area (TPSA) is 78.7 Å². The second kappa shape index (κ2) is 5.88. The molecule has 0 aliphatic carbocycles. The molecule has 0 bridgehead atoms. The van der Waals surface area contributed by atoms with E-state index in [1.807, 2.05) is 0 Å². The van der Waals surface area contributed by atoms with Crippen LogP contribution < -0.4 is 11.1 Å². The first kappa shape index (κ1) is 14.3. The van der Waals surface area contributed by atoms with E-state index in [0.29, 0.717) is 25.9 Å². The van der Waals surface area contributed by atoms with Gasteiger partial charge in [0.25, 0.3) is 5.91 Å². The summed E-state index contributed by atoms with van der Waals surface area (Å²) in [6, 6.07) is -0.280. The highest BCUT2D eigenvalue weighted by Gasteiger charge is 2.51. The fourth-order valence-electron chi connectivity index (χ4n) is 2.89. The average molecular weight is 268 g/mol. The number of carbonyl (C=O) groups excluding carboxylic acids is 2. The van der Waals surface area contributed by atoms with Crippen molar-refractivity contribution in [1.29, 1.82) is 0 Å². The van der Waals surface area contributed by atoms with E-state index in [0.717, 1.165) is 19.6 Å². The molecular weight excluding hydrogens is 244 g/mol. The van der Waals surface area contributed by atoms with Gasteiger partial charge in [-0.1, -0.05) is 13.3 Å². The minimum absolute atomic E-state index is 0.0851. The Morgan fingerprint density at radius 2 is 1.95 bits per heavy atom. The van der Waals surface area contributed by atoms with Crippen molar-refractivity contribution in [3.8, 4) is 0 Å². The number of rotatable bonds is 5. The Morgan fingerprint density at radius 1 is 1.26 bits per heavy atom. The molecule has 6 heteroatoms. The number of amides is 3. The monoisotopic (exact) mass is 268 g/mol. The van der Waals surface area contributed by atoms with Crippen LogP contribution in [0.25, 0.3) is 0 Å². The number of hydrogen-bond acceptors (Lipinski definition) is 4. The van der Waals surface area contributed by atoms with E-state index in [9.17, 15) is 9.59 Å². The van der Waals surface area contributed by atoms with Gasteiger partial charge in [-0.25, -0.2) is 4.79 Å². The number of urea groups is 1. The number of carbonyl (C=O) groups is 2. The van der Waals surface area contributed by atoms with Gasteiger partial charge in [0.15, 0.2) is 0 Å². The number of imide groups is 1. The predicted molar refractivity (Wildman–Crippen MR) is 72.6 cm³/mol. The first-order valence-corrected chi connectivity index (χ1v) is 7.19. The molecule has 0 atom stereocenters. The highest BCUT2D eigenvalue weighted by molar-refractivity contribution is 6.07. The van der Waals surface area contributed by atoms with Gasteiger partial charge < -0.3 is 16.0 Å². The molecule has 2 heterocycles. The number of nitrogens with zero attached hydrogens (tertiary/aromatic N) is 2. The number of nitrogens with two attached hydrogens (primary N) is 1.